The van der Waals surface area contributed by atoms with Crippen molar-refractivity contribution >= 4 is 5.97 Å². The van der Waals surface area contributed by atoms with Crippen LogP contribution in [0.5, 0.6) is 11.5 Å². The predicted molar refractivity (Wildman–Crippen MR) is 176 cm³/mol. The van der Waals surface area contributed by atoms with E-state index >= 15 is 0 Å². The number of fused-ring (bicyclic) bond motifs is 1. The van der Waals surface area contributed by atoms with E-state index in [9.17, 15) is 9.18 Å². The van der Waals surface area contributed by atoms with Crippen LogP contribution in [0.2, 0.25) is 0 Å². The van der Waals surface area contributed by atoms with Crippen molar-refractivity contribution in [1.82, 2.24) is 14.5 Å². The number of esters is 1. The van der Waals surface area contributed by atoms with E-state index in [1.54, 1.807) is 24.3 Å². The normalized spacial score (nSPS) is 12.3. The average molecular weight is 620 g/mol. The first-order chi connectivity index (χ1) is 22.5. The number of hydrogen-bond donors (Lipinski definition) is 0. The quantitative estimate of drug-likeness (QED) is 0.132. The summed E-state index contributed by atoms with van der Waals surface area (Å²) in [6.45, 7) is 5.76. The number of halogens is 1. The molecule has 0 fully saturated rings. The molecule has 4 aromatic carbocycles. The Bertz CT molecular complexity index is 1790. The number of rotatable bonds is 12. The van der Waals surface area contributed by atoms with Crippen LogP contribution in [-0.2, 0) is 30.9 Å². The molecule has 0 atom stereocenters. The third-order valence-corrected chi connectivity index (χ3v) is 8.11. The minimum Gasteiger partial charge on any atom is -0.486 e. The fourth-order valence-corrected chi connectivity index (χ4v) is 5.82. The van der Waals surface area contributed by atoms with E-state index in [-0.39, 0.29) is 11.8 Å². The first-order valence-electron chi connectivity index (χ1n) is 15.7. The molecule has 0 spiro atoms. The first kappa shape index (κ1) is 31.0. The van der Waals surface area contributed by atoms with E-state index < -0.39 is 0 Å². The van der Waals surface area contributed by atoms with Gasteiger partial charge in [-0.15, -0.1) is 0 Å². The molecule has 0 saturated carbocycles. The van der Waals surface area contributed by atoms with Crippen LogP contribution in [0.1, 0.15) is 46.9 Å². The zero-order valence-corrected chi connectivity index (χ0v) is 26.2. The second-order valence-corrected chi connectivity index (χ2v) is 11.4. The van der Waals surface area contributed by atoms with Gasteiger partial charge in [-0.1, -0.05) is 74.0 Å². The van der Waals surface area contributed by atoms with E-state index in [1.807, 2.05) is 48.5 Å². The number of benzene rings is 4. The molecule has 2 heterocycles. The van der Waals surface area contributed by atoms with Crippen molar-refractivity contribution in [2.75, 3.05) is 20.3 Å². The van der Waals surface area contributed by atoms with Crippen LogP contribution in [0, 0.1) is 5.82 Å². The van der Waals surface area contributed by atoms with Crippen molar-refractivity contribution < 1.29 is 23.4 Å². The van der Waals surface area contributed by atoms with Crippen LogP contribution >= 0.6 is 0 Å². The lowest BCUT2D eigenvalue weighted by molar-refractivity contribution is 0.0600. The molecular formula is C38H38FN3O4. The second kappa shape index (κ2) is 14.4. The van der Waals surface area contributed by atoms with Crippen LogP contribution < -0.4 is 9.47 Å². The van der Waals surface area contributed by atoms with Gasteiger partial charge in [-0.2, -0.15) is 0 Å². The van der Waals surface area contributed by atoms with E-state index in [1.165, 1.54) is 13.2 Å². The largest absolute Gasteiger partial charge is 0.486 e. The van der Waals surface area contributed by atoms with Gasteiger partial charge in [0.25, 0.3) is 0 Å². The van der Waals surface area contributed by atoms with Gasteiger partial charge in [-0.3, -0.25) is 4.90 Å². The van der Waals surface area contributed by atoms with E-state index in [0.29, 0.717) is 38.4 Å². The van der Waals surface area contributed by atoms with Gasteiger partial charge in [0.15, 0.2) is 11.5 Å². The number of ether oxygens (including phenoxy) is 3. The summed E-state index contributed by atoms with van der Waals surface area (Å²) in [6, 6.07) is 30.4. The van der Waals surface area contributed by atoms with Gasteiger partial charge in [0.2, 0.25) is 0 Å². The van der Waals surface area contributed by atoms with Crippen molar-refractivity contribution in [1.29, 1.82) is 0 Å². The Kier molecular flexibility index (Phi) is 9.74. The summed E-state index contributed by atoms with van der Waals surface area (Å²) in [5.41, 5.74) is 6.15. The molecule has 0 radical (unpaired) electrons. The van der Waals surface area contributed by atoms with Gasteiger partial charge in [-0.25, -0.2) is 14.2 Å². The highest BCUT2D eigenvalue weighted by molar-refractivity contribution is 5.89. The van der Waals surface area contributed by atoms with Gasteiger partial charge in [0.05, 0.1) is 24.1 Å². The number of carbonyl (C=O) groups is 1. The molecule has 0 N–H and O–H groups in total. The van der Waals surface area contributed by atoms with Crippen LogP contribution in [0.25, 0.3) is 22.6 Å². The lowest BCUT2D eigenvalue weighted by Crippen LogP contribution is -2.25. The molecule has 0 amide bonds. The highest BCUT2D eigenvalue weighted by atomic mass is 19.1. The molecule has 0 unspecified atom stereocenters. The molecule has 46 heavy (non-hydrogen) atoms. The summed E-state index contributed by atoms with van der Waals surface area (Å²) in [6.07, 6.45) is 2.00. The zero-order valence-electron chi connectivity index (χ0n) is 26.2. The summed E-state index contributed by atoms with van der Waals surface area (Å²) in [7, 11) is 1.38. The van der Waals surface area contributed by atoms with E-state index in [2.05, 4.69) is 34.6 Å². The molecule has 0 saturated heterocycles. The van der Waals surface area contributed by atoms with Gasteiger partial charge in [-0.05, 0) is 53.9 Å². The maximum absolute atomic E-state index is 14.6. The number of imidazole rings is 1. The summed E-state index contributed by atoms with van der Waals surface area (Å²) in [4.78, 5) is 19.6. The molecular weight excluding hydrogens is 581 g/mol. The topological polar surface area (TPSA) is 65.8 Å². The molecule has 5 aromatic rings. The van der Waals surface area contributed by atoms with Crippen LogP contribution in [0.4, 0.5) is 4.39 Å². The predicted octanol–water partition coefficient (Wildman–Crippen LogP) is 7.92. The summed E-state index contributed by atoms with van der Waals surface area (Å²) in [5, 5.41) is 0. The van der Waals surface area contributed by atoms with Crippen LogP contribution in [0.15, 0.2) is 97.1 Å². The Balaban J connectivity index is 1.43. The third-order valence-electron chi connectivity index (χ3n) is 8.11. The molecule has 1 aromatic heterocycles. The van der Waals surface area contributed by atoms with E-state index in [4.69, 9.17) is 19.2 Å². The smallest absolute Gasteiger partial charge is 0.337 e. The third kappa shape index (κ3) is 7.13. The highest BCUT2D eigenvalue weighted by Gasteiger charge is 2.23. The summed E-state index contributed by atoms with van der Waals surface area (Å²) < 4.78 is 33.5. The number of nitrogens with zero attached hydrogens (tertiary/aromatic N) is 3. The maximum Gasteiger partial charge on any atom is 0.337 e. The van der Waals surface area contributed by atoms with Crippen LogP contribution in [0.3, 0.4) is 0 Å². The molecule has 236 valence electrons. The molecule has 1 aliphatic heterocycles. The Morgan fingerprint density at radius 1 is 0.848 bits per heavy atom. The van der Waals surface area contributed by atoms with Crippen molar-refractivity contribution in [2.24, 2.45) is 0 Å². The van der Waals surface area contributed by atoms with E-state index in [0.717, 1.165) is 70.4 Å². The summed E-state index contributed by atoms with van der Waals surface area (Å²) >= 11 is 0. The number of hydrogen-bond acceptors (Lipinski definition) is 6. The number of carbonyl (C=O) groups excluding carboxylic acids is 1. The van der Waals surface area contributed by atoms with Crippen molar-refractivity contribution in [2.45, 2.75) is 45.9 Å². The molecule has 1 aliphatic rings. The Morgan fingerprint density at radius 3 is 2.30 bits per heavy atom. The van der Waals surface area contributed by atoms with Crippen molar-refractivity contribution in [3.8, 4) is 34.1 Å². The number of aromatic nitrogens is 2. The van der Waals surface area contributed by atoms with Gasteiger partial charge < -0.3 is 18.8 Å². The SMILES string of the molecule is CCCCn1c(-c2ccccc2)nc(-c2cccc(F)c2)c1CN(Cc1ccc(C(=O)OC)cc1)Cc1ccc2c(c1)OCCO2. The van der Waals surface area contributed by atoms with Gasteiger partial charge in [0, 0.05) is 37.3 Å². The molecule has 8 heteroatoms. The van der Waals surface area contributed by atoms with Crippen molar-refractivity contribution in [3.63, 3.8) is 0 Å². The Labute approximate surface area is 269 Å². The highest BCUT2D eigenvalue weighted by Crippen LogP contribution is 2.34. The Morgan fingerprint density at radius 2 is 1.57 bits per heavy atom. The maximum atomic E-state index is 14.6. The fourth-order valence-electron chi connectivity index (χ4n) is 5.82. The van der Waals surface area contributed by atoms with Gasteiger partial charge >= 0.3 is 5.97 Å². The monoisotopic (exact) mass is 619 g/mol. The number of unbranched alkanes of at least 4 members (excludes halogenated alkanes) is 1. The average Bonchev–Trinajstić information content (AvgIpc) is 3.45. The minimum atomic E-state index is -0.368. The minimum absolute atomic E-state index is 0.299. The first-order valence-corrected chi connectivity index (χ1v) is 15.7. The zero-order chi connectivity index (χ0) is 31.9. The van der Waals surface area contributed by atoms with Crippen LogP contribution in [-0.4, -0.2) is 40.7 Å². The standard InChI is InChI=1S/C38H38FN3O4/c1-3-4-19-42-33(36(31-11-8-12-32(39)23-31)40-37(42)29-9-6-5-7-10-29)26-41(24-27-13-16-30(17-14-27)38(43)44-2)25-28-15-18-34-35(22-28)46-21-20-45-34/h5-18,22-23H,3-4,19-21,24-26H2,1-2H3. The lowest BCUT2D eigenvalue weighted by Gasteiger charge is -2.26. The fraction of sp³-hybridized carbons (Fsp3) is 0.263. The second-order valence-electron chi connectivity index (χ2n) is 11.4. The Hall–Kier alpha value is -4.95. The molecule has 0 aliphatic carbocycles. The van der Waals surface area contributed by atoms with Gasteiger partial charge in [0.1, 0.15) is 24.9 Å². The molecule has 7 nitrogen and oxygen atoms in total. The molecule has 6 rings (SSSR count). The molecule has 0 bridgehead atoms. The lowest BCUT2D eigenvalue weighted by atomic mass is 10.1. The summed E-state index contributed by atoms with van der Waals surface area (Å²) in [5.74, 6) is 1.69. The van der Waals surface area contributed by atoms with Crippen molar-refractivity contribution in [3.05, 3.63) is 125 Å². The number of methoxy groups -OCH3 is 1.